The molecule has 1 aromatic carbocycles. The van der Waals surface area contributed by atoms with Gasteiger partial charge in [0.25, 0.3) is 0 Å². The number of thiazole rings is 1. The number of aromatic nitrogens is 1. The second-order valence-corrected chi connectivity index (χ2v) is 10.6. The maximum absolute atomic E-state index is 12.8. The maximum atomic E-state index is 12.8. The predicted molar refractivity (Wildman–Crippen MR) is 130 cm³/mol. The molecule has 0 atom stereocenters. The highest BCUT2D eigenvalue weighted by Gasteiger charge is 2.28. The minimum Gasteiger partial charge on any atom is -0.340 e. The molecule has 1 saturated heterocycles. The number of benzene rings is 1. The minimum atomic E-state index is 0.0884. The van der Waals surface area contributed by atoms with Gasteiger partial charge in [-0.05, 0) is 30.2 Å². The summed E-state index contributed by atoms with van der Waals surface area (Å²) in [4.78, 5) is 37.2. The van der Waals surface area contributed by atoms with Gasteiger partial charge in [0.05, 0.1) is 27.9 Å². The van der Waals surface area contributed by atoms with E-state index in [4.69, 9.17) is 11.6 Å². The number of fused-ring (bicyclic) bond motifs is 1. The smallest absolute Gasteiger partial charge is 0.241 e. The van der Waals surface area contributed by atoms with Gasteiger partial charge in [0.2, 0.25) is 11.8 Å². The van der Waals surface area contributed by atoms with E-state index >= 15 is 0 Å². The summed E-state index contributed by atoms with van der Waals surface area (Å²) in [6.45, 7) is 3.85. The van der Waals surface area contributed by atoms with Crippen LogP contribution < -0.4 is 4.90 Å². The number of para-hydroxylation sites is 1. The fourth-order valence-corrected chi connectivity index (χ4v) is 6.16. The molecule has 9 heteroatoms. The number of nitrogens with zero attached hydrogens (tertiary/aromatic N) is 4. The average Bonchev–Trinajstić information content (AvgIpc) is 3.53. The first-order chi connectivity index (χ1) is 15.6. The highest BCUT2D eigenvalue weighted by Crippen LogP contribution is 2.33. The summed E-state index contributed by atoms with van der Waals surface area (Å²) >= 11 is 9.04. The Morgan fingerprint density at radius 1 is 1.00 bits per heavy atom. The lowest BCUT2D eigenvalue weighted by Crippen LogP contribution is -2.51. The van der Waals surface area contributed by atoms with Gasteiger partial charge in [0.1, 0.15) is 5.01 Å². The summed E-state index contributed by atoms with van der Waals surface area (Å²) in [6, 6.07) is 11.9. The van der Waals surface area contributed by atoms with Crippen molar-refractivity contribution in [3.8, 4) is 9.88 Å². The van der Waals surface area contributed by atoms with Gasteiger partial charge in [-0.2, -0.15) is 0 Å². The molecule has 166 valence electrons. The Labute approximate surface area is 200 Å². The first-order valence-electron chi connectivity index (χ1n) is 10.7. The molecule has 0 saturated carbocycles. The van der Waals surface area contributed by atoms with Crippen molar-refractivity contribution in [2.75, 3.05) is 44.2 Å². The van der Waals surface area contributed by atoms with Crippen molar-refractivity contribution in [1.29, 1.82) is 0 Å². The van der Waals surface area contributed by atoms with Crippen molar-refractivity contribution in [3.63, 3.8) is 0 Å². The van der Waals surface area contributed by atoms with Gasteiger partial charge in [0, 0.05) is 43.8 Å². The molecular weight excluding hydrogens is 464 g/mol. The van der Waals surface area contributed by atoms with Crippen molar-refractivity contribution < 1.29 is 9.59 Å². The molecule has 32 heavy (non-hydrogen) atoms. The van der Waals surface area contributed by atoms with E-state index in [1.165, 1.54) is 28.2 Å². The van der Waals surface area contributed by atoms with Crippen LogP contribution in [0.1, 0.15) is 11.3 Å². The highest BCUT2D eigenvalue weighted by molar-refractivity contribution is 7.23. The Bertz CT molecular complexity index is 1140. The molecule has 2 aliphatic heterocycles. The summed E-state index contributed by atoms with van der Waals surface area (Å²) in [5, 5.41) is 2.85. The molecule has 6 nitrogen and oxygen atoms in total. The first-order valence-corrected chi connectivity index (χ1v) is 12.7. The van der Waals surface area contributed by atoms with E-state index in [2.05, 4.69) is 16.0 Å². The number of piperazine rings is 1. The second-order valence-electron chi connectivity index (χ2n) is 8.01. The normalized spacial score (nSPS) is 16.4. The van der Waals surface area contributed by atoms with E-state index in [1.807, 2.05) is 45.5 Å². The lowest BCUT2D eigenvalue weighted by Gasteiger charge is -2.35. The standard InChI is InChI=1S/C23H23ClN4O2S2/c24-20-6-5-19(32-20)23-25-17(15-31-23)13-21(29)27-11-9-26(10-12-27)14-22(30)28-8-7-16-3-1-2-4-18(16)28/h1-6,15H,7-14H2. The van der Waals surface area contributed by atoms with E-state index in [9.17, 15) is 9.59 Å². The number of hydrogen-bond acceptors (Lipinski definition) is 6. The van der Waals surface area contributed by atoms with Crippen LogP contribution in [0.5, 0.6) is 0 Å². The minimum absolute atomic E-state index is 0.0884. The molecule has 4 heterocycles. The molecule has 0 bridgehead atoms. The Morgan fingerprint density at radius 3 is 2.59 bits per heavy atom. The number of carbonyl (C=O) groups is 2. The number of amides is 2. The molecule has 0 aliphatic carbocycles. The Morgan fingerprint density at radius 2 is 1.81 bits per heavy atom. The van der Waals surface area contributed by atoms with Gasteiger partial charge in [-0.15, -0.1) is 22.7 Å². The van der Waals surface area contributed by atoms with Crippen LogP contribution in [0, 0.1) is 0 Å². The number of rotatable bonds is 5. The van der Waals surface area contributed by atoms with Crippen LogP contribution in [-0.4, -0.2) is 65.9 Å². The Hall–Kier alpha value is -2.26. The van der Waals surface area contributed by atoms with Gasteiger partial charge < -0.3 is 9.80 Å². The third kappa shape index (κ3) is 4.59. The predicted octanol–water partition coefficient (Wildman–Crippen LogP) is 3.80. The van der Waals surface area contributed by atoms with E-state index in [0.29, 0.717) is 39.1 Å². The first kappa shape index (κ1) is 21.6. The zero-order chi connectivity index (χ0) is 22.1. The van der Waals surface area contributed by atoms with Crippen molar-refractivity contribution >= 4 is 51.8 Å². The zero-order valence-corrected chi connectivity index (χ0v) is 19.9. The SMILES string of the molecule is O=C(Cc1csc(-c2ccc(Cl)s2)n1)N1CCN(CC(=O)N2CCc3ccccc32)CC1. The molecule has 3 aromatic rings. The highest BCUT2D eigenvalue weighted by atomic mass is 35.5. The van der Waals surface area contributed by atoms with Crippen molar-refractivity contribution in [3.05, 3.63) is 57.4 Å². The molecule has 0 N–H and O–H groups in total. The van der Waals surface area contributed by atoms with Crippen LogP contribution in [0.3, 0.4) is 0 Å². The molecule has 1 fully saturated rings. The van der Waals surface area contributed by atoms with Crippen LogP contribution in [0.15, 0.2) is 41.8 Å². The summed E-state index contributed by atoms with van der Waals surface area (Å²) in [5.74, 6) is 0.226. The number of carbonyl (C=O) groups excluding carboxylic acids is 2. The molecule has 5 rings (SSSR count). The van der Waals surface area contributed by atoms with Gasteiger partial charge in [-0.1, -0.05) is 29.8 Å². The average molecular weight is 487 g/mol. The van der Waals surface area contributed by atoms with Gasteiger partial charge >= 0.3 is 0 Å². The van der Waals surface area contributed by atoms with Crippen LogP contribution in [0.2, 0.25) is 4.34 Å². The number of halogens is 1. The largest absolute Gasteiger partial charge is 0.340 e. The number of anilines is 1. The van der Waals surface area contributed by atoms with E-state index in [1.54, 1.807) is 0 Å². The molecule has 0 spiro atoms. The van der Waals surface area contributed by atoms with Crippen LogP contribution in [-0.2, 0) is 22.4 Å². The molecule has 2 aliphatic rings. The van der Waals surface area contributed by atoms with Gasteiger partial charge in [-0.3, -0.25) is 14.5 Å². The van der Waals surface area contributed by atoms with Gasteiger partial charge in [-0.25, -0.2) is 4.98 Å². The van der Waals surface area contributed by atoms with Crippen molar-refractivity contribution in [2.24, 2.45) is 0 Å². The monoisotopic (exact) mass is 486 g/mol. The summed E-state index contributed by atoms with van der Waals surface area (Å²) in [7, 11) is 0. The third-order valence-electron chi connectivity index (χ3n) is 5.94. The Balaban J connectivity index is 1.11. The molecule has 2 aromatic heterocycles. The molecular formula is C23H23ClN4O2S2. The summed E-state index contributed by atoms with van der Waals surface area (Å²) < 4.78 is 0.734. The lowest BCUT2D eigenvalue weighted by molar-refractivity contribution is -0.132. The van der Waals surface area contributed by atoms with Gasteiger partial charge in [0.15, 0.2) is 0 Å². The molecule has 2 amide bonds. The fourth-order valence-electron chi connectivity index (χ4n) is 4.23. The molecule has 0 unspecified atom stereocenters. The third-order valence-corrected chi connectivity index (χ3v) is 8.23. The van der Waals surface area contributed by atoms with Crippen molar-refractivity contribution in [2.45, 2.75) is 12.8 Å². The van der Waals surface area contributed by atoms with Crippen molar-refractivity contribution in [1.82, 2.24) is 14.8 Å². The van der Waals surface area contributed by atoms with E-state index in [0.717, 1.165) is 38.6 Å². The summed E-state index contributed by atoms with van der Waals surface area (Å²) in [6.07, 6.45) is 1.22. The van der Waals surface area contributed by atoms with Crippen LogP contribution >= 0.6 is 34.3 Å². The van der Waals surface area contributed by atoms with Crippen LogP contribution in [0.4, 0.5) is 5.69 Å². The van der Waals surface area contributed by atoms with Crippen LogP contribution in [0.25, 0.3) is 9.88 Å². The second kappa shape index (κ2) is 9.31. The maximum Gasteiger partial charge on any atom is 0.241 e. The number of thiophene rings is 1. The Kier molecular flexibility index (Phi) is 6.28. The number of hydrogen-bond donors (Lipinski definition) is 0. The van der Waals surface area contributed by atoms with E-state index < -0.39 is 0 Å². The lowest BCUT2D eigenvalue weighted by atomic mass is 10.2. The van der Waals surface area contributed by atoms with E-state index in [-0.39, 0.29) is 11.8 Å². The quantitative estimate of drug-likeness (QED) is 0.550. The topological polar surface area (TPSA) is 56.8 Å². The zero-order valence-electron chi connectivity index (χ0n) is 17.5. The summed E-state index contributed by atoms with van der Waals surface area (Å²) in [5.41, 5.74) is 3.08. The molecule has 0 radical (unpaired) electrons. The fraction of sp³-hybridized carbons (Fsp3) is 0.348.